The van der Waals surface area contributed by atoms with Gasteiger partial charge in [0.1, 0.15) is 11.3 Å². The van der Waals surface area contributed by atoms with Crippen LogP contribution in [0.2, 0.25) is 0 Å². The van der Waals surface area contributed by atoms with Crippen LogP contribution in [0.1, 0.15) is 38.5 Å². The van der Waals surface area contributed by atoms with Crippen molar-refractivity contribution in [3.05, 3.63) is 36.1 Å². The summed E-state index contributed by atoms with van der Waals surface area (Å²) < 4.78 is 5.88. The summed E-state index contributed by atoms with van der Waals surface area (Å²) in [5, 5.41) is 1.14. The van der Waals surface area contributed by atoms with Crippen molar-refractivity contribution < 1.29 is 4.42 Å². The van der Waals surface area contributed by atoms with E-state index in [1.807, 2.05) is 18.2 Å². The van der Waals surface area contributed by atoms with Gasteiger partial charge in [-0.15, -0.1) is 0 Å². The molecule has 3 unspecified atom stereocenters. The van der Waals surface area contributed by atoms with Crippen LogP contribution in [0.15, 0.2) is 34.7 Å². The van der Waals surface area contributed by atoms with Crippen molar-refractivity contribution in [2.75, 3.05) is 13.1 Å². The summed E-state index contributed by atoms with van der Waals surface area (Å²) in [5.74, 6) is 1.67. The molecule has 0 radical (unpaired) electrons. The quantitative estimate of drug-likeness (QED) is 0.929. The highest BCUT2D eigenvalue weighted by Gasteiger charge is 2.25. The molecule has 0 amide bonds. The molecule has 3 rings (SSSR count). The second-order valence-corrected chi connectivity index (χ2v) is 6.28. The minimum atomic E-state index is -0.0462. The highest BCUT2D eigenvalue weighted by atomic mass is 16.3. The minimum absolute atomic E-state index is 0.0462. The molecule has 1 aliphatic heterocycles. The van der Waals surface area contributed by atoms with E-state index in [4.69, 9.17) is 10.2 Å². The normalized spacial score (nSPS) is 25.9. The molecule has 1 saturated heterocycles. The fourth-order valence-corrected chi connectivity index (χ4v) is 3.16. The van der Waals surface area contributed by atoms with E-state index in [0.717, 1.165) is 35.7 Å². The minimum Gasteiger partial charge on any atom is -0.459 e. The van der Waals surface area contributed by atoms with Gasteiger partial charge in [0.05, 0.1) is 6.04 Å². The van der Waals surface area contributed by atoms with Crippen LogP contribution < -0.4 is 5.73 Å². The van der Waals surface area contributed by atoms with Crippen molar-refractivity contribution in [3.8, 4) is 0 Å². The van der Waals surface area contributed by atoms with Crippen LogP contribution in [0, 0.1) is 5.92 Å². The van der Waals surface area contributed by atoms with Gasteiger partial charge in [0.15, 0.2) is 0 Å². The summed E-state index contributed by atoms with van der Waals surface area (Å²) >= 11 is 0. The molecule has 20 heavy (non-hydrogen) atoms. The van der Waals surface area contributed by atoms with Crippen molar-refractivity contribution in [1.29, 1.82) is 0 Å². The number of rotatable bonds is 3. The smallest absolute Gasteiger partial charge is 0.134 e. The maximum atomic E-state index is 6.36. The highest BCUT2D eigenvalue weighted by Crippen LogP contribution is 2.26. The number of benzene rings is 1. The van der Waals surface area contributed by atoms with E-state index in [1.165, 1.54) is 12.8 Å². The van der Waals surface area contributed by atoms with E-state index in [2.05, 4.69) is 30.9 Å². The van der Waals surface area contributed by atoms with Crippen molar-refractivity contribution in [1.82, 2.24) is 4.90 Å². The van der Waals surface area contributed by atoms with E-state index in [9.17, 15) is 0 Å². The molecule has 0 spiro atoms. The molecule has 1 aliphatic rings. The molecular weight excluding hydrogens is 248 g/mol. The standard InChI is InChI=1S/C17H24N2O/c1-12-7-8-13(2)19(10-12)11-15(18)17-9-14-5-3-4-6-16(14)20-17/h3-6,9,12-13,15H,7-8,10-11,18H2,1-2H3. The van der Waals surface area contributed by atoms with E-state index >= 15 is 0 Å². The Hall–Kier alpha value is -1.32. The Balaban J connectivity index is 1.73. The van der Waals surface area contributed by atoms with Crippen LogP contribution in [0.4, 0.5) is 0 Å². The first-order chi connectivity index (χ1) is 9.63. The molecule has 0 aliphatic carbocycles. The molecule has 0 bridgehead atoms. The van der Waals surface area contributed by atoms with Gasteiger partial charge in [-0.25, -0.2) is 0 Å². The fraction of sp³-hybridized carbons (Fsp3) is 0.529. The molecule has 108 valence electrons. The number of hydrogen-bond acceptors (Lipinski definition) is 3. The summed E-state index contributed by atoms with van der Waals surface area (Å²) in [5.41, 5.74) is 7.29. The molecule has 3 nitrogen and oxygen atoms in total. The number of para-hydroxylation sites is 1. The Labute approximate surface area is 120 Å². The topological polar surface area (TPSA) is 42.4 Å². The van der Waals surface area contributed by atoms with E-state index < -0.39 is 0 Å². The van der Waals surface area contributed by atoms with Crippen molar-refractivity contribution in [2.45, 2.75) is 38.8 Å². The first-order valence-corrected chi connectivity index (χ1v) is 7.61. The monoisotopic (exact) mass is 272 g/mol. The van der Waals surface area contributed by atoms with Crippen LogP contribution in [0.25, 0.3) is 11.0 Å². The van der Waals surface area contributed by atoms with Crippen LogP contribution in [-0.4, -0.2) is 24.0 Å². The second kappa shape index (κ2) is 5.58. The second-order valence-electron chi connectivity index (χ2n) is 6.28. The Morgan fingerprint density at radius 3 is 2.90 bits per heavy atom. The third-order valence-corrected chi connectivity index (χ3v) is 4.49. The Morgan fingerprint density at radius 2 is 2.10 bits per heavy atom. The summed E-state index contributed by atoms with van der Waals surface area (Å²) in [6.07, 6.45) is 2.60. The molecule has 1 aromatic heterocycles. The lowest BCUT2D eigenvalue weighted by molar-refractivity contribution is 0.115. The summed E-state index contributed by atoms with van der Waals surface area (Å²) in [6.45, 7) is 6.66. The van der Waals surface area contributed by atoms with Crippen molar-refractivity contribution in [2.24, 2.45) is 11.7 Å². The van der Waals surface area contributed by atoms with E-state index in [0.29, 0.717) is 6.04 Å². The lowest BCUT2D eigenvalue weighted by Gasteiger charge is -2.37. The van der Waals surface area contributed by atoms with Gasteiger partial charge in [-0.1, -0.05) is 25.1 Å². The van der Waals surface area contributed by atoms with Crippen LogP contribution in [-0.2, 0) is 0 Å². The first-order valence-electron chi connectivity index (χ1n) is 7.61. The molecule has 3 atom stereocenters. The van der Waals surface area contributed by atoms with Gasteiger partial charge in [-0.3, -0.25) is 4.90 Å². The van der Waals surface area contributed by atoms with Crippen LogP contribution in [0.3, 0.4) is 0 Å². The number of furan rings is 1. The molecular formula is C17H24N2O. The van der Waals surface area contributed by atoms with Crippen LogP contribution >= 0.6 is 0 Å². The van der Waals surface area contributed by atoms with Crippen LogP contribution in [0.5, 0.6) is 0 Å². The largest absolute Gasteiger partial charge is 0.459 e. The average molecular weight is 272 g/mol. The molecule has 3 heteroatoms. The molecule has 2 N–H and O–H groups in total. The number of likely N-dealkylation sites (tertiary alicyclic amines) is 1. The van der Waals surface area contributed by atoms with Crippen molar-refractivity contribution >= 4 is 11.0 Å². The van der Waals surface area contributed by atoms with Gasteiger partial charge in [0.2, 0.25) is 0 Å². The fourth-order valence-electron chi connectivity index (χ4n) is 3.16. The zero-order valence-electron chi connectivity index (χ0n) is 12.4. The Morgan fingerprint density at radius 1 is 1.30 bits per heavy atom. The SMILES string of the molecule is CC1CCC(C)N(CC(N)c2cc3ccccc3o2)C1. The van der Waals surface area contributed by atoms with Gasteiger partial charge in [-0.2, -0.15) is 0 Å². The van der Waals surface area contributed by atoms with Gasteiger partial charge in [0, 0.05) is 24.5 Å². The van der Waals surface area contributed by atoms with E-state index in [-0.39, 0.29) is 6.04 Å². The first kappa shape index (κ1) is 13.7. The highest BCUT2D eigenvalue weighted by molar-refractivity contribution is 5.77. The summed E-state index contributed by atoms with van der Waals surface area (Å²) in [4.78, 5) is 2.51. The van der Waals surface area contributed by atoms with Crippen molar-refractivity contribution in [3.63, 3.8) is 0 Å². The third-order valence-electron chi connectivity index (χ3n) is 4.49. The molecule has 2 heterocycles. The molecule has 1 fully saturated rings. The maximum absolute atomic E-state index is 6.36. The predicted octanol–water partition coefficient (Wildman–Crippen LogP) is 3.55. The van der Waals surface area contributed by atoms with Gasteiger partial charge >= 0.3 is 0 Å². The zero-order valence-corrected chi connectivity index (χ0v) is 12.4. The van der Waals surface area contributed by atoms with Gasteiger partial charge in [-0.05, 0) is 37.8 Å². The lowest BCUT2D eigenvalue weighted by atomic mass is 9.94. The summed E-state index contributed by atoms with van der Waals surface area (Å²) in [6, 6.07) is 10.8. The lowest BCUT2D eigenvalue weighted by Crippen LogP contribution is -2.44. The number of nitrogens with two attached hydrogens (primary N) is 1. The van der Waals surface area contributed by atoms with Gasteiger partial charge < -0.3 is 10.2 Å². The Bertz CT molecular complexity index is 544. The van der Waals surface area contributed by atoms with E-state index in [1.54, 1.807) is 0 Å². The average Bonchev–Trinajstić information content (AvgIpc) is 2.87. The summed E-state index contributed by atoms with van der Waals surface area (Å²) in [7, 11) is 0. The number of piperidine rings is 1. The number of hydrogen-bond donors (Lipinski definition) is 1. The third kappa shape index (κ3) is 2.74. The Kier molecular flexibility index (Phi) is 3.81. The molecule has 0 saturated carbocycles. The number of nitrogens with zero attached hydrogens (tertiary/aromatic N) is 1. The molecule has 1 aromatic carbocycles. The predicted molar refractivity (Wildman–Crippen MR) is 82.6 cm³/mol. The zero-order chi connectivity index (χ0) is 14.1. The molecule has 2 aromatic rings. The number of fused-ring (bicyclic) bond motifs is 1. The maximum Gasteiger partial charge on any atom is 0.134 e. The van der Waals surface area contributed by atoms with Gasteiger partial charge in [0.25, 0.3) is 0 Å².